The van der Waals surface area contributed by atoms with Gasteiger partial charge in [-0.2, -0.15) is 0 Å². The summed E-state index contributed by atoms with van der Waals surface area (Å²) in [5.74, 6) is -0.703. The summed E-state index contributed by atoms with van der Waals surface area (Å²) >= 11 is 0. The third-order valence-electron chi connectivity index (χ3n) is 7.61. The molecule has 39 heavy (non-hydrogen) atoms. The molecule has 2 N–H and O–H groups in total. The molecule has 2 aromatic carbocycles. The fraction of sp³-hybridized carbons (Fsp3) is 0.387. The van der Waals surface area contributed by atoms with Gasteiger partial charge in [-0.3, -0.25) is 15.1 Å². The Balaban J connectivity index is 1.34. The lowest BCUT2D eigenvalue weighted by Crippen LogP contribution is -2.35. The average molecular weight is 533 g/mol. The highest BCUT2D eigenvalue weighted by atomic mass is 19.1. The Labute approximate surface area is 227 Å². The van der Waals surface area contributed by atoms with E-state index in [1.54, 1.807) is 18.3 Å². The zero-order valence-corrected chi connectivity index (χ0v) is 22.2. The molecule has 1 saturated heterocycles. The number of halogens is 1. The van der Waals surface area contributed by atoms with Crippen molar-refractivity contribution < 1.29 is 28.6 Å². The Morgan fingerprint density at radius 3 is 2.72 bits per heavy atom. The number of aliphatic hydroxyl groups excluding tert-OH is 1. The molecular formula is C31H33FN2O5. The molecule has 0 bridgehead atoms. The highest BCUT2D eigenvalue weighted by Crippen LogP contribution is 2.47. The zero-order valence-electron chi connectivity index (χ0n) is 22.2. The quantitative estimate of drug-likeness (QED) is 0.356. The Hall–Kier alpha value is -3.78. The molecule has 0 saturated carbocycles. The summed E-state index contributed by atoms with van der Waals surface area (Å²) in [6, 6.07) is 15.9. The van der Waals surface area contributed by atoms with Crippen LogP contribution in [0, 0.1) is 11.2 Å². The minimum atomic E-state index is -0.685. The molecule has 3 atom stereocenters. The number of carbonyl (C=O) groups excluding carboxylic acids is 2. The van der Waals surface area contributed by atoms with Gasteiger partial charge in [-0.1, -0.05) is 49.8 Å². The highest BCUT2D eigenvalue weighted by Gasteiger charge is 2.38. The Bertz CT molecular complexity index is 1400. The standard InChI is InChI=1S/C31H33FN2O5/c1-31(2)17-25(39-30(37)34-22-13-20-5-3-4-6-28(20)33-18-22)16-26(19-7-9-21(32)10-8-19)27(31)12-11-24-14-23(35)15-29(36)38-24/h3-10,13,18,23-25,35H,11-12,14-17H2,1-2H3,(H,34,37). The number of amides is 1. The van der Waals surface area contributed by atoms with Crippen molar-refractivity contribution in [1.82, 2.24) is 4.98 Å². The van der Waals surface area contributed by atoms with E-state index in [1.807, 2.05) is 30.3 Å². The second-order valence-electron chi connectivity index (χ2n) is 11.1. The molecule has 0 spiro atoms. The van der Waals surface area contributed by atoms with Crippen LogP contribution in [-0.4, -0.2) is 40.5 Å². The molecule has 3 unspecified atom stereocenters. The molecule has 1 fully saturated rings. The number of cyclic esters (lactones) is 1. The number of nitrogens with zero attached hydrogens (tertiary/aromatic N) is 1. The predicted molar refractivity (Wildman–Crippen MR) is 146 cm³/mol. The molecule has 1 amide bonds. The van der Waals surface area contributed by atoms with E-state index in [9.17, 15) is 19.1 Å². The maximum atomic E-state index is 13.7. The number of fused-ring (bicyclic) bond motifs is 1. The van der Waals surface area contributed by atoms with Crippen molar-refractivity contribution >= 4 is 34.2 Å². The number of ether oxygens (including phenoxy) is 2. The van der Waals surface area contributed by atoms with Gasteiger partial charge in [0.25, 0.3) is 0 Å². The minimum Gasteiger partial charge on any atom is -0.462 e. The number of hydrogen-bond donors (Lipinski definition) is 2. The summed E-state index contributed by atoms with van der Waals surface area (Å²) in [4.78, 5) is 29.1. The van der Waals surface area contributed by atoms with Crippen molar-refractivity contribution in [3.05, 3.63) is 77.7 Å². The normalized spacial score (nSPS) is 22.9. The highest BCUT2D eigenvalue weighted by molar-refractivity contribution is 5.89. The maximum absolute atomic E-state index is 13.7. The maximum Gasteiger partial charge on any atom is 0.411 e. The number of nitrogens with one attached hydrogen (secondary N) is 1. The summed E-state index contributed by atoms with van der Waals surface area (Å²) in [5.41, 5.74) is 4.07. The van der Waals surface area contributed by atoms with Gasteiger partial charge < -0.3 is 14.6 Å². The summed E-state index contributed by atoms with van der Waals surface area (Å²) in [7, 11) is 0. The third kappa shape index (κ3) is 6.45. The van der Waals surface area contributed by atoms with Gasteiger partial charge >= 0.3 is 12.1 Å². The third-order valence-corrected chi connectivity index (χ3v) is 7.61. The SMILES string of the molecule is CC1(C)CC(OC(=O)Nc2cnc3ccccc3c2)CC(c2ccc(F)cc2)=C1CCC1CC(O)CC(=O)O1. The van der Waals surface area contributed by atoms with Gasteiger partial charge in [-0.05, 0) is 60.1 Å². The Kier molecular flexibility index (Phi) is 7.66. The lowest BCUT2D eigenvalue weighted by atomic mass is 9.68. The molecule has 204 valence electrons. The summed E-state index contributed by atoms with van der Waals surface area (Å²) in [6.45, 7) is 4.21. The van der Waals surface area contributed by atoms with Crippen molar-refractivity contribution in [2.75, 3.05) is 5.32 Å². The van der Waals surface area contributed by atoms with Gasteiger partial charge in [0.15, 0.2) is 0 Å². The molecule has 1 aliphatic heterocycles. The van der Waals surface area contributed by atoms with Crippen molar-refractivity contribution in [2.45, 2.75) is 70.7 Å². The van der Waals surface area contributed by atoms with Crippen molar-refractivity contribution in [3.8, 4) is 0 Å². The topological polar surface area (TPSA) is 97.8 Å². The van der Waals surface area contributed by atoms with E-state index >= 15 is 0 Å². The van der Waals surface area contributed by atoms with E-state index in [2.05, 4.69) is 24.1 Å². The predicted octanol–water partition coefficient (Wildman–Crippen LogP) is 6.41. The van der Waals surface area contributed by atoms with Crippen LogP contribution in [0.1, 0.15) is 57.9 Å². The van der Waals surface area contributed by atoms with Gasteiger partial charge in [0.05, 0.1) is 29.9 Å². The first-order chi connectivity index (χ1) is 18.7. The Morgan fingerprint density at radius 1 is 1.18 bits per heavy atom. The number of carbonyl (C=O) groups is 2. The van der Waals surface area contributed by atoms with Crippen LogP contribution >= 0.6 is 0 Å². The number of allylic oxidation sites excluding steroid dienone is 1. The van der Waals surface area contributed by atoms with Gasteiger partial charge in [-0.15, -0.1) is 0 Å². The number of hydrogen-bond acceptors (Lipinski definition) is 6. The molecule has 5 rings (SSSR count). The number of pyridine rings is 1. The first-order valence-electron chi connectivity index (χ1n) is 13.3. The molecule has 1 aliphatic carbocycles. The van der Waals surface area contributed by atoms with Gasteiger partial charge in [0.1, 0.15) is 18.0 Å². The van der Waals surface area contributed by atoms with Crippen molar-refractivity contribution in [1.29, 1.82) is 0 Å². The summed E-state index contributed by atoms with van der Waals surface area (Å²) in [5, 5.41) is 13.7. The largest absolute Gasteiger partial charge is 0.462 e. The molecule has 8 heteroatoms. The number of para-hydroxylation sites is 1. The van der Waals surface area contributed by atoms with Gasteiger partial charge in [0, 0.05) is 18.2 Å². The smallest absolute Gasteiger partial charge is 0.411 e. The average Bonchev–Trinajstić information content (AvgIpc) is 2.87. The monoisotopic (exact) mass is 532 g/mol. The minimum absolute atomic E-state index is 0.0296. The molecule has 2 aliphatic rings. The van der Waals surface area contributed by atoms with Crippen LogP contribution in [0.15, 0.2) is 66.4 Å². The van der Waals surface area contributed by atoms with E-state index in [0.717, 1.165) is 27.6 Å². The van der Waals surface area contributed by atoms with Crippen molar-refractivity contribution in [3.63, 3.8) is 0 Å². The van der Waals surface area contributed by atoms with E-state index in [0.29, 0.717) is 37.8 Å². The lowest BCUT2D eigenvalue weighted by Gasteiger charge is -2.40. The molecular weight excluding hydrogens is 499 g/mol. The van der Waals surface area contributed by atoms with Crippen LogP contribution in [-0.2, 0) is 14.3 Å². The zero-order chi connectivity index (χ0) is 27.6. The number of aromatic nitrogens is 1. The fourth-order valence-electron chi connectivity index (χ4n) is 5.82. The first kappa shape index (κ1) is 26.8. The van der Waals surface area contributed by atoms with Gasteiger partial charge in [-0.25, -0.2) is 9.18 Å². The van der Waals surface area contributed by atoms with Crippen LogP contribution in [0.4, 0.5) is 14.9 Å². The van der Waals surface area contributed by atoms with Crippen LogP contribution in [0.25, 0.3) is 16.5 Å². The molecule has 0 radical (unpaired) electrons. The first-order valence-corrected chi connectivity index (χ1v) is 13.3. The van der Waals surface area contributed by atoms with E-state index in [4.69, 9.17) is 9.47 Å². The van der Waals surface area contributed by atoms with Crippen LogP contribution in [0.5, 0.6) is 0 Å². The number of esters is 1. The van der Waals surface area contributed by atoms with E-state index in [1.165, 1.54) is 12.1 Å². The lowest BCUT2D eigenvalue weighted by molar-refractivity contribution is -0.160. The van der Waals surface area contributed by atoms with E-state index < -0.39 is 18.3 Å². The molecule has 7 nitrogen and oxygen atoms in total. The Morgan fingerprint density at radius 2 is 1.95 bits per heavy atom. The number of aliphatic hydroxyl groups is 1. The molecule has 3 aromatic rings. The second kappa shape index (κ2) is 11.1. The van der Waals surface area contributed by atoms with Crippen LogP contribution < -0.4 is 5.32 Å². The number of rotatable bonds is 6. The summed E-state index contributed by atoms with van der Waals surface area (Å²) in [6.07, 6.45) is 2.35. The summed E-state index contributed by atoms with van der Waals surface area (Å²) < 4.78 is 25.1. The second-order valence-corrected chi connectivity index (χ2v) is 11.1. The molecule has 2 heterocycles. The number of anilines is 1. The number of benzene rings is 2. The fourth-order valence-corrected chi connectivity index (χ4v) is 5.82. The van der Waals surface area contributed by atoms with Crippen LogP contribution in [0.3, 0.4) is 0 Å². The van der Waals surface area contributed by atoms with Crippen LogP contribution in [0.2, 0.25) is 0 Å². The van der Waals surface area contributed by atoms with Crippen molar-refractivity contribution in [2.24, 2.45) is 5.41 Å². The molecule has 1 aromatic heterocycles. The van der Waals surface area contributed by atoms with E-state index in [-0.39, 0.29) is 29.7 Å². The van der Waals surface area contributed by atoms with Gasteiger partial charge in [0.2, 0.25) is 0 Å².